The summed E-state index contributed by atoms with van der Waals surface area (Å²) in [6, 6.07) is 3.33. The summed E-state index contributed by atoms with van der Waals surface area (Å²) in [7, 11) is 0. The number of benzene rings is 1. The minimum atomic E-state index is -3.71. The van der Waals surface area contributed by atoms with E-state index >= 15 is 0 Å². The summed E-state index contributed by atoms with van der Waals surface area (Å²) in [4.78, 5) is 10.3. The lowest BCUT2D eigenvalue weighted by atomic mass is 10.0. The summed E-state index contributed by atoms with van der Waals surface area (Å²) in [5.41, 5.74) is 1.42. The summed E-state index contributed by atoms with van der Waals surface area (Å²) in [5.74, 6) is -4.71. The first kappa shape index (κ1) is 12.6. The Kier molecular flexibility index (Phi) is 3.11. The number of carboxylic acids is 1. The Hall–Kier alpha value is -1.85. The van der Waals surface area contributed by atoms with Crippen LogP contribution in [0, 0.1) is 6.92 Å². The smallest absolute Gasteiger partial charge is 0.374 e. The van der Waals surface area contributed by atoms with Crippen molar-refractivity contribution >= 4 is 5.97 Å². The molecule has 6 heteroatoms. The molecule has 18 heavy (non-hydrogen) atoms. The topological polar surface area (TPSA) is 55.8 Å². The van der Waals surface area contributed by atoms with Gasteiger partial charge in [0.25, 0.3) is 0 Å². The molecule has 2 rings (SSSR count). The molecule has 1 heterocycles. The van der Waals surface area contributed by atoms with E-state index in [0.717, 1.165) is 5.56 Å². The molecule has 0 radical (unpaired) electrons. The number of ether oxygens (including phenoxy) is 2. The van der Waals surface area contributed by atoms with Crippen LogP contribution in [0.1, 0.15) is 17.5 Å². The predicted molar refractivity (Wildman–Crippen MR) is 58.2 cm³/mol. The minimum Gasteiger partial charge on any atom is -0.477 e. The van der Waals surface area contributed by atoms with Gasteiger partial charge in [0.15, 0.2) is 11.5 Å². The number of alkyl halides is 2. The Morgan fingerprint density at radius 1 is 1.39 bits per heavy atom. The fourth-order valence-electron chi connectivity index (χ4n) is 1.75. The van der Waals surface area contributed by atoms with E-state index in [4.69, 9.17) is 14.6 Å². The molecular weight excluding hydrogens is 246 g/mol. The van der Waals surface area contributed by atoms with Crippen molar-refractivity contribution in [2.75, 3.05) is 6.79 Å². The molecular formula is C12H12F2O4. The molecule has 0 spiro atoms. The molecule has 1 aromatic rings. The van der Waals surface area contributed by atoms with Gasteiger partial charge in [-0.3, -0.25) is 0 Å². The second-order valence-corrected chi connectivity index (χ2v) is 4.14. The van der Waals surface area contributed by atoms with Crippen molar-refractivity contribution in [3.8, 4) is 11.5 Å². The van der Waals surface area contributed by atoms with E-state index in [1.807, 2.05) is 0 Å². The fourth-order valence-corrected chi connectivity index (χ4v) is 1.75. The third-order valence-corrected chi connectivity index (χ3v) is 2.85. The average Bonchev–Trinajstić information content (AvgIpc) is 2.72. The third kappa shape index (κ3) is 2.37. The number of hydrogen-bond acceptors (Lipinski definition) is 3. The second-order valence-electron chi connectivity index (χ2n) is 4.14. The molecule has 1 N–H and O–H groups in total. The molecule has 0 aromatic heterocycles. The zero-order chi connectivity index (χ0) is 13.3. The van der Waals surface area contributed by atoms with E-state index in [9.17, 15) is 13.6 Å². The number of hydrogen-bond donors (Lipinski definition) is 1. The molecule has 1 aromatic carbocycles. The monoisotopic (exact) mass is 258 g/mol. The number of aliphatic carboxylic acids is 1. The first-order valence-corrected chi connectivity index (χ1v) is 5.40. The van der Waals surface area contributed by atoms with Crippen molar-refractivity contribution in [3.05, 3.63) is 23.3 Å². The molecule has 0 saturated carbocycles. The van der Waals surface area contributed by atoms with Crippen LogP contribution in [-0.4, -0.2) is 23.8 Å². The fraction of sp³-hybridized carbons (Fsp3) is 0.417. The van der Waals surface area contributed by atoms with Gasteiger partial charge in [-0.15, -0.1) is 0 Å². The summed E-state index contributed by atoms with van der Waals surface area (Å²) in [6.07, 6.45) is -0.759. The first-order chi connectivity index (χ1) is 8.40. The van der Waals surface area contributed by atoms with Crippen molar-refractivity contribution in [3.63, 3.8) is 0 Å². The molecule has 4 nitrogen and oxygen atoms in total. The van der Waals surface area contributed by atoms with Gasteiger partial charge < -0.3 is 14.6 Å². The number of rotatable bonds is 4. The molecule has 0 unspecified atom stereocenters. The zero-order valence-electron chi connectivity index (χ0n) is 9.70. The van der Waals surface area contributed by atoms with Crippen LogP contribution in [0.5, 0.6) is 11.5 Å². The van der Waals surface area contributed by atoms with Gasteiger partial charge >= 0.3 is 11.9 Å². The Morgan fingerprint density at radius 3 is 2.61 bits per heavy atom. The maximum atomic E-state index is 13.0. The maximum Gasteiger partial charge on any atom is 0.374 e. The van der Waals surface area contributed by atoms with Crippen LogP contribution in [0.25, 0.3) is 0 Å². The summed E-state index contributed by atoms with van der Waals surface area (Å²) in [6.45, 7) is 1.87. The quantitative estimate of drug-likeness (QED) is 0.900. The van der Waals surface area contributed by atoms with Gasteiger partial charge in [-0.1, -0.05) is 0 Å². The van der Waals surface area contributed by atoms with E-state index in [1.165, 1.54) is 0 Å². The zero-order valence-corrected chi connectivity index (χ0v) is 9.70. The largest absolute Gasteiger partial charge is 0.477 e. The Balaban J connectivity index is 2.13. The van der Waals surface area contributed by atoms with Crippen molar-refractivity contribution in [2.45, 2.75) is 25.7 Å². The SMILES string of the molecule is Cc1cc2c(cc1CCC(F)(F)C(=O)O)OCO2. The van der Waals surface area contributed by atoms with Gasteiger partial charge in [0.1, 0.15) is 0 Å². The molecule has 1 aliphatic rings. The van der Waals surface area contributed by atoms with Crippen LogP contribution >= 0.6 is 0 Å². The van der Waals surface area contributed by atoms with E-state index in [1.54, 1.807) is 19.1 Å². The van der Waals surface area contributed by atoms with E-state index < -0.39 is 18.3 Å². The van der Waals surface area contributed by atoms with Gasteiger partial charge in [0.05, 0.1) is 0 Å². The van der Waals surface area contributed by atoms with Crippen molar-refractivity contribution < 1.29 is 28.2 Å². The highest BCUT2D eigenvalue weighted by Crippen LogP contribution is 2.35. The summed E-state index contributed by atoms with van der Waals surface area (Å²) >= 11 is 0. The molecule has 0 fully saturated rings. The Labute approximate surface area is 102 Å². The van der Waals surface area contributed by atoms with Gasteiger partial charge in [-0.25, -0.2) is 4.79 Å². The van der Waals surface area contributed by atoms with Crippen LogP contribution < -0.4 is 9.47 Å². The van der Waals surface area contributed by atoms with Crippen LogP contribution in [0.4, 0.5) is 8.78 Å². The second kappa shape index (κ2) is 4.44. The summed E-state index contributed by atoms with van der Waals surface area (Å²) < 4.78 is 36.3. The van der Waals surface area contributed by atoms with Gasteiger partial charge in [-0.05, 0) is 36.6 Å². The molecule has 0 aliphatic carbocycles. The number of aryl methyl sites for hydroxylation is 2. The highest BCUT2D eigenvalue weighted by Gasteiger charge is 2.38. The van der Waals surface area contributed by atoms with E-state index in [-0.39, 0.29) is 13.2 Å². The minimum absolute atomic E-state index is 0.0260. The van der Waals surface area contributed by atoms with Crippen LogP contribution in [0.15, 0.2) is 12.1 Å². The summed E-state index contributed by atoms with van der Waals surface area (Å²) in [5, 5.41) is 8.35. The highest BCUT2D eigenvalue weighted by atomic mass is 19.3. The Bertz CT molecular complexity index is 485. The molecule has 0 amide bonds. The molecule has 0 bridgehead atoms. The van der Waals surface area contributed by atoms with Crippen molar-refractivity contribution in [1.29, 1.82) is 0 Å². The highest BCUT2D eigenvalue weighted by molar-refractivity contribution is 5.75. The number of carbonyl (C=O) groups is 1. The standard InChI is InChI=1S/C12H12F2O4/c1-7-4-9-10(18-6-17-9)5-8(7)2-3-12(13,14)11(15)16/h4-5H,2-3,6H2,1H3,(H,15,16). The lowest BCUT2D eigenvalue weighted by molar-refractivity contribution is -0.165. The van der Waals surface area contributed by atoms with Gasteiger partial charge in [0, 0.05) is 6.42 Å². The van der Waals surface area contributed by atoms with Gasteiger partial charge in [0.2, 0.25) is 6.79 Å². The molecule has 0 atom stereocenters. The van der Waals surface area contributed by atoms with E-state index in [0.29, 0.717) is 17.1 Å². The van der Waals surface area contributed by atoms with Gasteiger partial charge in [-0.2, -0.15) is 8.78 Å². The predicted octanol–water partition coefficient (Wildman–Crippen LogP) is 2.38. The molecule has 98 valence electrons. The third-order valence-electron chi connectivity index (χ3n) is 2.85. The molecule has 1 aliphatic heterocycles. The van der Waals surface area contributed by atoms with E-state index in [2.05, 4.69) is 0 Å². The van der Waals surface area contributed by atoms with Crippen LogP contribution in [-0.2, 0) is 11.2 Å². The average molecular weight is 258 g/mol. The number of fused-ring (bicyclic) bond motifs is 1. The van der Waals surface area contributed by atoms with Crippen molar-refractivity contribution in [2.24, 2.45) is 0 Å². The van der Waals surface area contributed by atoms with Crippen LogP contribution in [0.3, 0.4) is 0 Å². The maximum absolute atomic E-state index is 13.0. The number of carboxylic acid groups (broad SMARTS) is 1. The lowest BCUT2D eigenvalue weighted by Gasteiger charge is -2.12. The normalized spacial score (nSPS) is 13.7. The van der Waals surface area contributed by atoms with Crippen molar-refractivity contribution in [1.82, 2.24) is 0 Å². The first-order valence-electron chi connectivity index (χ1n) is 5.40. The molecule has 0 saturated heterocycles. The van der Waals surface area contributed by atoms with Crippen LogP contribution in [0.2, 0.25) is 0 Å². The Morgan fingerprint density at radius 2 is 2.00 bits per heavy atom. The lowest BCUT2D eigenvalue weighted by Crippen LogP contribution is -2.28. The number of halogens is 2.